The summed E-state index contributed by atoms with van der Waals surface area (Å²) in [6.07, 6.45) is 0.603. The lowest BCUT2D eigenvalue weighted by Crippen LogP contribution is -2.08. The number of rotatable bonds is 5. The van der Waals surface area contributed by atoms with Gasteiger partial charge in [0.05, 0.1) is 6.61 Å². The normalized spacial score (nSPS) is 10.4. The first-order valence-electron chi connectivity index (χ1n) is 6.00. The zero-order valence-corrected chi connectivity index (χ0v) is 11.1. The maximum Gasteiger partial charge on any atom is 0.232 e. The topological polar surface area (TPSA) is 86.0 Å². The van der Waals surface area contributed by atoms with Gasteiger partial charge >= 0.3 is 0 Å². The molecular formula is C13H17N5O. The quantitative estimate of drug-likeness (QED) is 0.850. The van der Waals surface area contributed by atoms with Gasteiger partial charge in [0.2, 0.25) is 11.9 Å². The zero-order valence-electron chi connectivity index (χ0n) is 11.1. The van der Waals surface area contributed by atoms with Gasteiger partial charge in [-0.2, -0.15) is 15.0 Å². The Labute approximate surface area is 112 Å². The van der Waals surface area contributed by atoms with Crippen molar-refractivity contribution in [3.8, 4) is 0 Å². The molecule has 0 saturated heterocycles. The average molecular weight is 259 g/mol. The van der Waals surface area contributed by atoms with Gasteiger partial charge < -0.3 is 15.8 Å². The number of benzene rings is 1. The number of aryl methyl sites for hydroxylation is 1. The predicted octanol–water partition coefficient (Wildman–Crippen LogP) is 1.69. The van der Waals surface area contributed by atoms with Crippen LogP contribution in [0, 0.1) is 6.92 Å². The van der Waals surface area contributed by atoms with Gasteiger partial charge in [0.15, 0.2) is 0 Å². The maximum absolute atomic E-state index is 5.67. The molecule has 0 spiro atoms. The summed E-state index contributed by atoms with van der Waals surface area (Å²) in [4.78, 5) is 12.4. The molecule has 0 fully saturated rings. The van der Waals surface area contributed by atoms with Crippen molar-refractivity contribution in [2.45, 2.75) is 13.3 Å². The van der Waals surface area contributed by atoms with E-state index in [0.717, 1.165) is 5.69 Å². The molecule has 0 aliphatic heterocycles. The summed E-state index contributed by atoms with van der Waals surface area (Å²) in [6.45, 7) is 2.58. The summed E-state index contributed by atoms with van der Waals surface area (Å²) in [5, 5.41) is 3.11. The molecule has 19 heavy (non-hydrogen) atoms. The molecule has 0 saturated carbocycles. The van der Waals surface area contributed by atoms with Crippen LogP contribution < -0.4 is 11.1 Å². The molecule has 2 rings (SSSR count). The molecule has 1 aromatic heterocycles. The molecule has 1 heterocycles. The third-order valence-electron chi connectivity index (χ3n) is 2.54. The highest BCUT2D eigenvalue weighted by atomic mass is 16.5. The van der Waals surface area contributed by atoms with E-state index in [-0.39, 0.29) is 5.95 Å². The second-order valence-electron chi connectivity index (χ2n) is 4.17. The van der Waals surface area contributed by atoms with Crippen LogP contribution in [0.1, 0.15) is 11.4 Å². The van der Waals surface area contributed by atoms with Gasteiger partial charge in [-0.05, 0) is 19.1 Å². The fourth-order valence-corrected chi connectivity index (χ4v) is 1.57. The van der Waals surface area contributed by atoms with Crippen molar-refractivity contribution in [1.29, 1.82) is 0 Å². The summed E-state index contributed by atoms with van der Waals surface area (Å²) >= 11 is 0. The van der Waals surface area contributed by atoms with Crippen molar-refractivity contribution in [1.82, 2.24) is 15.0 Å². The minimum Gasteiger partial charge on any atom is -0.384 e. The van der Waals surface area contributed by atoms with Crippen LogP contribution in [-0.4, -0.2) is 28.7 Å². The third kappa shape index (κ3) is 3.89. The molecule has 0 aliphatic carbocycles. The number of hydrogen-bond acceptors (Lipinski definition) is 6. The molecule has 0 bridgehead atoms. The monoisotopic (exact) mass is 259 g/mol. The van der Waals surface area contributed by atoms with Crippen LogP contribution in [0.2, 0.25) is 0 Å². The van der Waals surface area contributed by atoms with Crippen LogP contribution in [0.15, 0.2) is 24.3 Å². The maximum atomic E-state index is 5.67. The molecule has 2 aromatic rings. The third-order valence-corrected chi connectivity index (χ3v) is 2.54. The number of methoxy groups -OCH3 is 1. The minimum atomic E-state index is 0.204. The highest BCUT2D eigenvalue weighted by Gasteiger charge is 2.04. The summed E-state index contributed by atoms with van der Waals surface area (Å²) in [6, 6.07) is 7.95. The van der Waals surface area contributed by atoms with Crippen LogP contribution in [0.25, 0.3) is 0 Å². The lowest BCUT2D eigenvalue weighted by atomic mass is 10.2. The van der Waals surface area contributed by atoms with E-state index in [1.54, 1.807) is 7.11 Å². The van der Waals surface area contributed by atoms with Gasteiger partial charge in [-0.25, -0.2) is 0 Å². The Bertz CT molecular complexity index is 541. The van der Waals surface area contributed by atoms with E-state index in [0.29, 0.717) is 24.8 Å². The number of hydrogen-bond donors (Lipinski definition) is 2. The molecule has 100 valence electrons. The summed E-state index contributed by atoms with van der Waals surface area (Å²) < 4.78 is 5.00. The van der Waals surface area contributed by atoms with Crippen molar-refractivity contribution in [3.05, 3.63) is 35.7 Å². The molecule has 1 aromatic carbocycles. The lowest BCUT2D eigenvalue weighted by molar-refractivity contribution is 0.200. The number of nitrogens with two attached hydrogens (primary N) is 1. The van der Waals surface area contributed by atoms with Gasteiger partial charge in [-0.15, -0.1) is 0 Å². The van der Waals surface area contributed by atoms with E-state index in [9.17, 15) is 0 Å². The van der Waals surface area contributed by atoms with E-state index in [1.807, 2.05) is 31.2 Å². The van der Waals surface area contributed by atoms with Crippen LogP contribution in [0.5, 0.6) is 0 Å². The molecule has 6 heteroatoms. The fraction of sp³-hybridized carbons (Fsp3) is 0.308. The van der Waals surface area contributed by atoms with Gasteiger partial charge in [0, 0.05) is 19.2 Å². The van der Waals surface area contributed by atoms with Gasteiger partial charge in [-0.3, -0.25) is 0 Å². The van der Waals surface area contributed by atoms with E-state index < -0.39 is 0 Å². The summed E-state index contributed by atoms with van der Waals surface area (Å²) in [5.74, 6) is 1.27. The summed E-state index contributed by atoms with van der Waals surface area (Å²) in [7, 11) is 1.63. The van der Waals surface area contributed by atoms with Crippen LogP contribution in [0.4, 0.5) is 17.6 Å². The smallest absolute Gasteiger partial charge is 0.232 e. The minimum absolute atomic E-state index is 0.204. The van der Waals surface area contributed by atoms with Gasteiger partial charge in [0.1, 0.15) is 5.82 Å². The number of nitrogens with zero attached hydrogens (tertiary/aromatic N) is 3. The fourth-order valence-electron chi connectivity index (χ4n) is 1.57. The number of nitrogen functional groups attached to an aromatic ring is 1. The van der Waals surface area contributed by atoms with Crippen LogP contribution in [-0.2, 0) is 11.2 Å². The van der Waals surface area contributed by atoms with Crippen molar-refractivity contribution >= 4 is 17.6 Å². The molecule has 0 aliphatic rings. The van der Waals surface area contributed by atoms with Crippen LogP contribution >= 0.6 is 0 Å². The van der Waals surface area contributed by atoms with E-state index >= 15 is 0 Å². The zero-order chi connectivity index (χ0) is 13.7. The average Bonchev–Trinajstić information content (AvgIpc) is 2.38. The first-order chi connectivity index (χ1) is 9.17. The van der Waals surface area contributed by atoms with Crippen LogP contribution in [0.3, 0.4) is 0 Å². The Hall–Kier alpha value is -2.21. The standard InChI is InChI=1S/C13H17N5O/c1-9-3-5-10(6-4-9)15-13-17-11(7-8-19-2)16-12(14)18-13/h3-6H,7-8H2,1-2H3,(H3,14,15,16,17,18). The molecular weight excluding hydrogens is 242 g/mol. The van der Waals surface area contributed by atoms with Crippen molar-refractivity contribution in [3.63, 3.8) is 0 Å². The first-order valence-corrected chi connectivity index (χ1v) is 6.00. The Morgan fingerprint density at radius 1 is 1.16 bits per heavy atom. The van der Waals surface area contributed by atoms with Crippen molar-refractivity contribution < 1.29 is 4.74 Å². The van der Waals surface area contributed by atoms with Gasteiger partial charge in [0.25, 0.3) is 0 Å². The Morgan fingerprint density at radius 3 is 2.58 bits per heavy atom. The van der Waals surface area contributed by atoms with E-state index in [1.165, 1.54) is 5.56 Å². The number of nitrogens with one attached hydrogen (secondary N) is 1. The van der Waals surface area contributed by atoms with Gasteiger partial charge in [-0.1, -0.05) is 17.7 Å². The Balaban J connectivity index is 2.15. The predicted molar refractivity (Wildman–Crippen MR) is 74.3 cm³/mol. The van der Waals surface area contributed by atoms with Crippen molar-refractivity contribution in [2.75, 3.05) is 24.8 Å². The largest absolute Gasteiger partial charge is 0.384 e. The summed E-state index contributed by atoms with van der Waals surface area (Å²) in [5.41, 5.74) is 7.77. The Kier molecular flexibility index (Phi) is 4.25. The lowest BCUT2D eigenvalue weighted by Gasteiger charge is -2.07. The first kappa shape index (κ1) is 13.2. The van der Waals surface area contributed by atoms with E-state index in [2.05, 4.69) is 20.3 Å². The Morgan fingerprint density at radius 2 is 1.89 bits per heavy atom. The molecule has 0 radical (unpaired) electrons. The SMILES string of the molecule is COCCc1nc(N)nc(Nc2ccc(C)cc2)n1. The highest BCUT2D eigenvalue weighted by Crippen LogP contribution is 2.14. The van der Waals surface area contributed by atoms with Crippen molar-refractivity contribution in [2.24, 2.45) is 0 Å². The molecule has 6 nitrogen and oxygen atoms in total. The highest BCUT2D eigenvalue weighted by molar-refractivity contribution is 5.54. The second-order valence-corrected chi connectivity index (χ2v) is 4.17. The van der Waals surface area contributed by atoms with E-state index in [4.69, 9.17) is 10.5 Å². The number of ether oxygens (including phenoxy) is 1. The molecule has 3 N–H and O–H groups in total. The number of aromatic nitrogens is 3. The number of anilines is 3. The molecule has 0 amide bonds. The second kappa shape index (κ2) is 6.10. The molecule has 0 unspecified atom stereocenters. The molecule has 0 atom stereocenters.